The zero-order valence-corrected chi connectivity index (χ0v) is 8.77. The zero-order chi connectivity index (χ0) is 10.1. The third kappa shape index (κ3) is 1.55. The van der Waals surface area contributed by atoms with Gasteiger partial charge in [-0.25, -0.2) is 4.79 Å². The Hall–Kier alpha value is -0.880. The number of hydrogen-bond donors (Lipinski definition) is 0. The molecule has 0 bridgehead atoms. The molecule has 0 saturated carbocycles. The first kappa shape index (κ1) is 9.67. The third-order valence-electron chi connectivity index (χ3n) is 2.09. The lowest BCUT2D eigenvalue weighted by Crippen LogP contribution is -2.49. The summed E-state index contributed by atoms with van der Waals surface area (Å²) in [5.74, 6) is 0.164. The number of carbonyl (C=O) groups is 2. The van der Waals surface area contributed by atoms with E-state index in [9.17, 15) is 9.59 Å². The van der Waals surface area contributed by atoms with E-state index < -0.39 is 5.97 Å². The smallest absolute Gasteiger partial charge is 0.341 e. The standard InChI is InChI=1S/C8H7NO3S2/c10-6-1-7-9(6)2-5(3-14-7)8(11)12-4-13/h2,4,7H,1,3H2/t7-/m0/s1. The number of amides is 1. The van der Waals surface area contributed by atoms with E-state index in [4.69, 9.17) is 0 Å². The minimum absolute atomic E-state index is 0.0508. The molecular formula is C8H7NO3S2. The zero-order valence-electron chi connectivity index (χ0n) is 7.13. The topological polar surface area (TPSA) is 46.6 Å². The van der Waals surface area contributed by atoms with Crippen LogP contribution in [0.4, 0.5) is 0 Å². The minimum atomic E-state index is -0.467. The van der Waals surface area contributed by atoms with E-state index in [-0.39, 0.29) is 11.3 Å². The summed E-state index contributed by atoms with van der Waals surface area (Å²) in [6.07, 6.45) is 2.13. The molecule has 1 atom stereocenters. The van der Waals surface area contributed by atoms with Gasteiger partial charge in [0.05, 0.1) is 17.4 Å². The number of β-lactam (4-membered cyclic amide) rings is 1. The fourth-order valence-electron chi connectivity index (χ4n) is 1.32. The van der Waals surface area contributed by atoms with Crippen molar-refractivity contribution in [3.8, 4) is 0 Å². The van der Waals surface area contributed by atoms with E-state index in [1.807, 2.05) is 0 Å². The van der Waals surface area contributed by atoms with Crippen molar-refractivity contribution >= 4 is 41.4 Å². The largest absolute Gasteiger partial charge is 0.419 e. The second-order valence-corrected chi connectivity index (χ2v) is 4.29. The van der Waals surface area contributed by atoms with E-state index in [0.29, 0.717) is 17.7 Å². The summed E-state index contributed by atoms with van der Waals surface area (Å²) in [6.45, 7) is 0. The van der Waals surface area contributed by atoms with Crippen molar-refractivity contribution in [3.63, 3.8) is 0 Å². The molecule has 2 aliphatic rings. The van der Waals surface area contributed by atoms with Gasteiger partial charge in [0.15, 0.2) is 5.55 Å². The summed E-state index contributed by atoms with van der Waals surface area (Å²) in [5, 5.41) is 0.214. The average molecular weight is 229 g/mol. The lowest BCUT2D eigenvalue weighted by molar-refractivity contribution is -0.137. The van der Waals surface area contributed by atoms with Gasteiger partial charge in [0.25, 0.3) is 0 Å². The van der Waals surface area contributed by atoms with Gasteiger partial charge >= 0.3 is 5.97 Å². The monoisotopic (exact) mass is 229 g/mol. The van der Waals surface area contributed by atoms with Crippen molar-refractivity contribution in [2.45, 2.75) is 11.8 Å². The quantitative estimate of drug-likeness (QED) is 0.396. The van der Waals surface area contributed by atoms with Crippen LogP contribution in [0.25, 0.3) is 0 Å². The summed E-state index contributed by atoms with van der Waals surface area (Å²) in [5.41, 5.74) is 1.41. The van der Waals surface area contributed by atoms with Gasteiger partial charge in [-0.1, -0.05) is 0 Å². The van der Waals surface area contributed by atoms with Crippen LogP contribution in [0.3, 0.4) is 0 Å². The Bertz CT molecular complexity index is 339. The van der Waals surface area contributed by atoms with Crippen molar-refractivity contribution in [3.05, 3.63) is 11.8 Å². The van der Waals surface area contributed by atoms with E-state index in [2.05, 4.69) is 17.0 Å². The molecule has 4 nitrogen and oxygen atoms in total. The number of ether oxygens (including phenoxy) is 1. The Balaban J connectivity index is 2.09. The molecule has 74 valence electrons. The van der Waals surface area contributed by atoms with Crippen LogP contribution in [0.5, 0.6) is 0 Å². The van der Waals surface area contributed by atoms with Crippen LogP contribution < -0.4 is 0 Å². The summed E-state index contributed by atoms with van der Waals surface area (Å²) >= 11 is 5.97. The normalized spacial score (nSPS) is 24.6. The molecule has 1 fully saturated rings. The number of carbonyl (C=O) groups excluding carboxylic acids is 2. The fraction of sp³-hybridized carbons (Fsp3) is 0.375. The predicted octanol–water partition coefficient (Wildman–Crippen LogP) is 0.676. The molecule has 2 rings (SSSR count). The number of thiocarbonyl (C=S) groups is 1. The van der Waals surface area contributed by atoms with Gasteiger partial charge in [0.2, 0.25) is 5.91 Å². The molecule has 6 heteroatoms. The molecule has 0 unspecified atom stereocenters. The Kier molecular flexibility index (Phi) is 2.56. The summed E-state index contributed by atoms with van der Waals surface area (Å²) in [4.78, 5) is 23.9. The van der Waals surface area contributed by atoms with Crippen molar-refractivity contribution < 1.29 is 14.3 Å². The number of thioether (sulfide) groups is 1. The first-order valence-electron chi connectivity index (χ1n) is 4.00. The van der Waals surface area contributed by atoms with E-state index in [1.165, 1.54) is 0 Å². The van der Waals surface area contributed by atoms with Crippen LogP contribution >= 0.6 is 24.0 Å². The molecule has 0 N–H and O–H groups in total. The second kappa shape index (κ2) is 3.70. The van der Waals surface area contributed by atoms with Crippen LogP contribution in [-0.2, 0) is 14.3 Å². The lowest BCUT2D eigenvalue weighted by Gasteiger charge is -2.40. The predicted molar refractivity (Wildman–Crippen MR) is 55.5 cm³/mol. The second-order valence-electron chi connectivity index (χ2n) is 2.93. The van der Waals surface area contributed by atoms with Crippen LogP contribution in [0.1, 0.15) is 6.42 Å². The van der Waals surface area contributed by atoms with E-state index >= 15 is 0 Å². The molecule has 0 aliphatic carbocycles. The highest BCUT2D eigenvalue weighted by Gasteiger charge is 2.39. The highest BCUT2D eigenvalue weighted by molar-refractivity contribution is 8.00. The third-order valence-corrected chi connectivity index (χ3v) is 3.44. The molecule has 0 aromatic carbocycles. The molecular weight excluding hydrogens is 222 g/mol. The summed E-state index contributed by atoms with van der Waals surface area (Å²) < 4.78 is 4.56. The van der Waals surface area contributed by atoms with Gasteiger partial charge in [-0.3, -0.25) is 4.79 Å². The SMILES string of the molecule is O=C(OC=S)C1=CN2C(=O)C[C@@H]2SC1. The molecule has 2 aliphatic heterocycles. The number of esters is 1. The van der Waals surface area contributed by atoms with Crippen LogP contribution in [0.15, 0.2) is 11.8 Å². The maximum Gasteiger partial charge on any atom is 0.341 e. The lowest BCUT2D eigenvalue weighted by atomic mass is 10.2. The van der Waals surface area contributed by atoms with Crippen LogP contribution in [0.2, 0.25) is 0 Å². The van der Waals surface area contributed by atoms with Crippen molar-refractivity contribution in [2.75, 3.05) is 5.75 Å². The highest BCUT2D eigenvalue weighted by atomic mass is 32.2. The number of rotatable bonds is 2. The van der Waals surface area contributed by atoms with Crippen molar-refractivity contribution in [1.82, 2.24) is 4.90 Å². The first-order valence-corrected chi connectivity index (χ1v) is 5.52. The molecule has 0 aromatic rings. The Labute approximate surface area is 90.3 Å². The molecule has 1 saturated heterocycles. The van der Waals surface area contributed by atoms with E-state index in [1.54, 1.807) is 22.9 Å². The van der Waals surface area contributed by atoms with Crippen molar-refractivity contribution in [1.29, 1.82) is 0 Å². The van der Waals surface area contributed by atoms with Gasteiger partial charge in [-0.15, -0.1) is 11.8 Å². The summed E-state index contributed by atoms with van der Waals surface area (Å²) in [7, 11) is 0. The molecule has 0 spiro atoms. The maximum absolute atomic E-state index is 11.2. The Morgan fingerprint density at radius 3 is 3.21 bits per heavy atom. The van der Waals surface area contributed by atoms with Gasteiger partial charge in [-0.05, 0) is 12.2 Å². The molecule has 0 radical (unpaired) electrons. The molecule has 14 heavy (non-hydrogen) atoms. The van der Waals surface area contributed by atoms with Gasteiger partial charge in [0.1, 0.15) is 0 Å². The average Bonchev–Trinajstić information content (AvgIpc) is 2.17. The summed E-state index contributed by atoms with van der Waals surface area (Å²) in [6, 6.07) is 0. The first-order chi connectivity index (χ1) is 6.72. The molecule has 1 amide bonds. The number of hydrogen-bond acceptors (Lipinski definition) is 5. The molecule has 0 aromatic heterocycles. The van der Waals surface area contributed by atoms with E-state index in [0.717, 1.165) is 5.55 Å². The van der Waals surface area contributed by atoms with Crippen LogP contribution in [-0.4, -0.2) is 33.5 Å². The van der Waals surface area contributed by atoms with Gasteiger partial charge in [-0.2, -0.15) is 0 Å². The minimum Gasteiger partial charge on any atom is -0.419 e. The maximum atomic E-state index is 11.2. The Morgan fingerprint density at radius 2 is 2.57 bits per heavy atom. The van der Waals surface area contributed by atoms with Crippen LogP contribution in [0, 0.1) is 0 Å². The highest BCUT2D eigenvalue weighted by Crippen LogP contribution is 2.35. The molecule has 2 heterocycles. The number of fused-ring (bicyclic) bond motifs is 1. The Morgan fingerprint density at radius 1 is 1.79 bits per heavy atom. The van der Waals surface area contributed by atoms with Crippen molar-refractivity contribution in [2.24, 2.45) is 0 Å². The van der Waals surface area contributed by atoms with Gasteiger partial charge < -0.3 is 9.64 Å². The van der Waals surface area contributed by atoms with Gasteiger partial charge in [0, 0.05) is 12.0 Å². The number of nitrogens with zero attached hydrogens (tertiary/aromatic N) is 1. The fourth-order valence-corrected chi connectivity index (χ4v) is 2.57.